The molecule has 1 amide bonds. The van der Waals surface area contributed by atoms with Crippen LogP contribution in [0.15, 0.2) is 0 Å². The van der Waals surface area contributed by atoms with E-state index >= 15 is 0 Å². The van der Waals surface area contributed by atoms with Crippen LogP contribution in [0.4, 0.5) is 0 Å². The number of carbonyl (C=O) groups is 1. The first-order valence-corrected chi connectivity index (χ1v) is 10.2. The van der Waals surface area contributed by atoms with Gasteiger partial charge in [0.1, 0.15) is 0 Å². The van der Waals surface area contributed by atoms with Gasteiger partial charge in [0.2, 0.25) is 5.91 Å². The summed E-state index contributed by atoms with van der Waals surface area (Å²) in [4.78, 5) is 30.1. The van der Waals surface area contributed by atoms with Crippen molar-refractivity contribution in [3.8, 4) is 0 Å². The average Bonchev–Trinajstić information content (AvgIpc) is 2.81. The van der Waals surface area contributed by atoms with Crippen LogP contribution in [-0.2, 0) is 23.7 Å². The van der Waals surface area contributed by atoms with Crippen LogP contribution in [0.3, 0.4) is 0 Å². The Balaban J connectivity index is 0.00000227. The van der Waals surface area contributed by atoms with E-state index in [2.05, 4.69) is 34.6 Å². The SMILES string of the molecule is CCC(CCCN)(CCCCB1OC(C)(C)C(C)(C)O1)N(C)C(C)=O.O=C=O. The highest BCUT2D eigenvalue weighted by atomic mass is 16.7. The lowest BCUT2D eigenvalue weighted by atomic mass is 9.78. The number of unbranched alkanes of at least 4 members (excludes halogenated alkanes) is 1. The van der Waals surface area contributed by atoms with Crippen LogP contribution in [0.5, 0.6) is 0 Å². The van der Waals surface area contributed by atoms with Crippen LogP contribution in [-0.4, -0.2) is 54.4 Å². The fraction of sp³-hybridized carbons (Fsp3) is 0.900. The Morgan fingerprint density at radius 3 is 1.93 bits per heavy atom. The van der Waals surface area contributed by atoms with E-state index in [1.54, 1.807) is 6.92 Å². The molecule has 1 saturated heterocycles. The van der Waals surface area contributed by atoms with Crippen LogP contribution in [0.25, 0.3) is 0 Å². The molecule has 1 atom stereocenters. The molecule has 1 aliphatic rings. The smallest absolute Gasteiger partial charge is 0.403 e. The molecule has 0 spiro atoms. The summed E-state index contributed by atoms with van der Waals surface area (Å²) < 4.78 is 12.1. The number of nitrogens with two attached hydrogens (primary N) is 1. The fourth-order valence-corrected chi connectivity index (χ4v) is 3.66. The number of nitrogens with zero attached hydrogens (tertiary/aromatic N) is 1. The summed E-state index contributed by atoms with van der Waals surface area (Å²) >= 11 is 0. The van der Waals surface area contributed by atoms with Crippen molar-refractivity contribution in [1.29, 1.82) is 0 Å². The highest BCUT2D eigenvalue weighted by Gasteiger charge is 2.50. The molecule has 28 heavy (non-hydrogen) atoms. The second kappa shape index (κ2) is 11.7. The minimum absolute atomic E-state index is 0.0822. The second-order valence-corrected chi connectivity index (χ2v) is 8.56. The Morgan fingerprint density at radius 2 is 1.54 bits per heavy atom. The van der Waals surface area contributed by atoms with Gasteiger partial charge in [0.15, 0.2) is 0 Å². The zero-order chi connectivity index (χ0) is 22.0. The number of amides is 1. The van der Waals surface area contributed by atoms with Gasteiger partial charge in [-0.3, -0.25) is 4.79 Å². The molecular weight excluding hydrogens is 359 g/mol. The molecule has 2 N–H and O–H groups in total. The minimum atomic E-state index is -0.263. The lowest BCUT2D eigenvalue weighted by Gasteiger charge is -2.41. The van der Waals surface area contributed by atoms with Gasteiger partial charge in [0, 0.05) is 19.5 Å². The molecule has 1 unspecified atom stereocenters. The summed E-state index contributed by atoms with van der Waals surface area (Å²) in [5.41, 5.74) is 5.11. The van der Waals surface area contributed by atoms with Crippen molar-refractivity contribution in [2.75, 3.05) is 13.6 Å². The number of rotatable bonds is 10. The van der Waals surface area contributed by atoms with Crippen molar-refractivity contribution in [2.24, 2.45) is 5.73 Å². The second-order valence-electron chi connectivity index (χ2n) is 8.56. The maximum absolute atomic E-state index is 12.0. The van der Waals surface area contributed by atoms with Gasteiger partial charge in [-0.2, -0.15) is 9.59 Å². The quantitative estimate of drug-likeness (QED) is 0.449. The minimum Gasteiger partial charge on any atom is -0.403 e. The summed E-state index contributed by atoms with van der Waals surface area (Å²) in [5.74, 6) is 0.129. The van der Waals surface area contributed by atoms with Crippen molar-refractivity contribution in [3.63, 3.8) is 0 Å². The maximum Gasteiger partial charge on any atom is 0.457 e. The van der Waals surface area contributed by atoms with E-state index in [0.29, 0.717) is 6.54 Å². The molecule has 1 aliphatic heterocycles. The first kappa shape index (κ1) is 26.8. The largest absolute Gasteiger partial charge is 0.457 e. The van der Waals surface area contributed by atoms with Gasteiger partial charge in [0.25, 0.3) is 0 Å². The van der Waals surface area contributed by atoms with Crippen LogP contribution < -0.4 is 5.73 Å². The predicted octanol–water partition coefficient (Wildman–Crippen LogP) is 3.03. The van der Waals surface area contributed by atoms with Crippen LogP contribution >= 0.6 is 0 Å². The molecule has 1 heterocycles. The van der Waals surface area contributed by atoms with Gasteiger partial charge in [-0.05, 0) is 66.2 Å². The average molecular weight is 398 g/mol. The molecule has 1 fully saturated rings. The fourth-order valence-electron chi connectivity index (χ4n) is 3.66. The van der Waals surface area contributed by atoms with E-state index in [-0.39, 0.29) is 35.9 Å². The van der Waals surface area contributed by atoms with Crippen molar-refractivity contribution >= 4 is 19.2 Å². The Hall–Kier alpha value is -1.21. The zero-order valence-corrected chi connectivity index (χ0v) is 18.8. The number of hydrogen-bond donors (Lipinski definition) is 1. The standard InChI is InChI=1S/C19H39BN2O3.CO2/c1-8-19(13-11-15-21,22(7)16(2)23)12-9-10-14-20-24-17(3,4)18(5,6)25-20;2-1-3/h8-15,21H2,1-7H3;. The molecular formula is C20H39BN2O5. The van der Waals surface area contributed by atoms with Gasteiger partial charge >= 0.3 is 13.3 Å². The van der Waals surface area contributed by atoms with E-state index in [4.69, 9.17) is 24.6 Å². The molecule has 0 aromatic heterocycles. The third-order valence-electron chi connectivity index (χ3n) is 6.32. The van der Waals surface area contributed by atoms with Crippen LogP contribution in [0, 0.1) is 0 Å². The number of hydrogen-bond acceptors (Lipinski definition) is 6. The van der Waals surface area contributed by atoms with E-state index in [9.17, 15) is 4.79 Å². The molecule has 0 aliphatic carbocycles. The Morgan fingerprint density at radius 1 is 1.07 bits per heavy atom. The van der Waals surface area contributed by atoms with Gasteiger partial charge in [-0.15, -0.1) is 0 Å². The lowest BCUT2D eigenvalue weighted by Crippen LogP contribution is -2.48. The van der Waals surface area contributed by atoms with Gasteiger partial charge < -0.3 is 19.9 Å². The first-order valence-electron chi connectivity index (χ1n) is 10.2. The molecule has 0 aromatic rings. The van der Waals surface area contributed by atoms with E-state index in [0.717, 1.165) is 44.8 Å². The summed E-state index contributed by atoms with van der Waals surface area (Å²) in [6, 6.07) is 0. The molecule has 0 radical (unpaired) electrons. The van der Waals surface area contributed by atoms with Crippen molar-refractivity contribution < 1.29 is 23.7 Å². The third-order valence-corrected chi connectivity index (χ3v) is 6.32. The first-order chi connectivity index (χ1) is 12.9. The summed E-state index contributed by atoms with van der Waals surface area (Å²) in [5, 5.41) is 0. The summed E-state index contributed by atoms with van der Waals surface area (Å²) in [6.45, 7) is 12.8. The Labute approximate surface area is 170 Å². The van der Waals surface area contributed by atoms with Crippen molar-refractivity contribution in [3.05, 3.63) is 0 Å². The summed E-state index contributed by atoms with van der Waals surface area (Å²) in [6.07, 6.45) is 7.11. The maximum atomic E-state index is 12.0. The van der Waals surface area contributed by atoms with Crippen molar-refractivity contribution in [2.45, 2.75) is 103 Å². The van der Waals surface area contributed by atoms with Crippen LogP contribution in [0.2, 0.25) is 6.32 Å². The molecule has 8 heteroatoms. The molecule has 0 saturated carbocycles. The molecule has 0 bridgehead atoms. The monoisotopic (exact) mass is 398 g/mol. The summed E-state index contributed by atoms with van der Waals surface area (Å²) in [7, 11) is 1.80. The normalized spacial score (nSPS) is 19.2. The molecule has 7 nitrogen and oxygen atoms in total. The van der Waals surface area contributed by atoms with E-state index in [1.807, 2.05) is 11.9 Å². The Bertz CT molecular complexity index is 505. The third kappa shape index (κ3) is 7.32. The van der Waals surface area contributed by atoms with Gasteiger partial charge in [-0.1, -0.05) is 19.8 Å². The lowest BCUT2D eigenvalue weighted by molar-refractivity contribution is -0.191. The molecule has 1 rings (SSSR count). The zero-order valence-electron chi connectivity index (χ0n) is 18.8. The highest BCUT2D eigenvalue weighted by molar-refractivity contribution is 6.45. The predicted molar refractivity (Wildman–Crippen MR) is 110 cm³/mol. The topological polar surface area (TPSA) is 98.9 Å². The van der Waals surface area contributed by atoms with E-state index < -0.39 is 0 Å². The van der Waals surface area contributed by atoms with Gasteiger partial charge in [-0.25, -0.2) is 0 Å². The number of carbonyl (C=O) groups excluding carboxylic acids is 3. The Kier molecular flexibility index (Phi) is 11.2. The van der Waals surface area contributed by atoms with Crippen LogP contribution in [0.1, 0.15) is 80.1 Å². The molecule has 0 aromatic carbocycles. The van der Waals surface area contributed by atoms with E-state index in [1.165, 1.54) is 0 Å². The molecule has 162 valence electrons. The highest BCUT2D eigenvalue weighted by Crippen LogP contribution is 2.38. The van der Waals surface area contributed by atoms with Crippen molar-refractivity contribution in [1.82, 2.24) is 4.90 Å². The van der Waals surface area contributed by atoms with Gasteiger partial charge in [0.05, 0.1) is 11.2 Å².